The molecule has 1 aromatic carbocycles. The number of amides is 3. The molecule has 1 atom stereocenters. The minimum atomic E-state index is -0.713. The second kappa shape index (κ2) is 13.0. The number of hydrogen-bond acceptors (Lipinski definition) is 6. The number of hydrogen-bond donors (Lipinski definition) is 1. The van der Waals surface area contributed by atoms with Crippen LogP contribution in [0.2, 0.25) is 10.0 Å². The van der Waals surface area contributed by atoms with E-state index in [2.05, 4.69) is 10.1 Å². The van der Waals surface area contributed by atoms with Gasteiger partial charge in [-0.2, -0.15) is 0 Å². The Morgan fingerprint density at radius 3 is 2.44 bits per heavy atom. The van der Waals surface area contributed by atoms with Crippen LogP contribution in [-0.4, -0.2) is 79.6 Å². The maximum absolute atomic E-state index is 12.6. The monoisotopic (exact) mass is 529 g/mol. The van der Waals surface area contributed by atoms with Gasteiger partial charge in [0.25, 0.3) is 0 Å². The summed E-state index contributed by atoms with van der Waals surface area (Å²) in [5.41, 5.74) is 0.592. The molecule has 1 fully saturated rings. The average molecular weight is 530 g/mol. The Kier molecular flexibility index (Phi) is 10.7. The molecule has 1 saturated heterocycles. The fraction of sp³-hybridized carbons (Fsp3) is 0.478. The molecule has 0 saturated carbocycles. The number of nitrogens with one attached hydrogen (secondary N) is 1. The van der Waals surface area contributed by atoms with Gasteiger partial charge in [0.15, 0.2) is 0 Å². The zero-order valence-electron chi connectivity index (χ0n) is 19.6. The van der Waals surface area contributed by atoms with E-state index in [1.54, 1.807) is 44.1 Å². The number of ether oxygens (including phenoxy) is 1. The maximum Gasteiger partial charge on any atom is 0.328 e. The van der Waals surface area contributed by atoms with Crippen LogP contribution in [0.1, 0.15) is 25.3 Å². The smallest absolute Gasteiger partial charge is 0.328 e. The molecule has 1 N–H and O–H groups in total. The molecule has 1 aliphatic heterocycles. The first-order chi connectivity index (χ1) is 16.0. The van der Waals surface area contributed by atoms with Crippen LogP contribution in [0.25, 0.3) is 6.08 Å². The Balaban J connectivity index is 1.91. The van der Waals surface area contributed by atoms with E-state index in [1.807, 2.05) is 0 Å². The van der Waals surface area contributed by atoms with Crippen molar-refractivity contribution < 1.29 is 23.9 Å². The number of halogens is 2. The van der Waals surface area contributed by atoms with Crippen molar-refractivity contribution in [3.05, 3.63) is 33.8 Å². The lowest BCUT2D eigenvalue weighted by Crippen LogP contribution is -2.46. The molecule has 34 heavy (non-hydrogen) atoms. The van der Waals surface area contributed by atoms with Crippen molar-refractivity contribution in [2.45, 2.75) is 30.7 Å². The normalized spacial score (nSPS) is 15.2. The van der Waals surface area contributed by atoms with Crippen LogP contribution >= 0.6 is 35.0 Å². The molecule has 8 nitrogen and oxygen atoms in total. The lowest BCUT2D eigenvalue weighted by atomic mass is 9.95. The van der Waals surface area contributed by atoms with E-state index in [1.165, 1.54) is 29.8 Å². The van der Waals surface area contributed by atoms with Gasteiger partial charge in [0, 0.05) is 44.1 Å². The summed E-state index contributed by atoms with van der Waals surface area (Å²) >= 11 is 14.0. The topological polar surface area (TPSA) is 96.0 Å². The van der Waals surface area contributed by atoms with Gasteiger partial charge in [-0.05, 0) is 37.5 Å². The van der Waals surface area contributed by atoms with E-state index in [-0.39, 0.29) is 29.4 Å². The lowest BCUT2D eigenvalue weighted by Gasteiger charge is -2.31. The first kappa shape index (κ1) is 28.0. The third kappa shape index (κ3) is 7.65. The fourth-order valence-electron chi connectivity index (χ4n) is 3.25. The average Bonchev–Trinajstić information content (AvgIpc) is 2.83. The van der Waals surface area contributed by atoms with Gasteiger partial charge in [-0.15, -0.1) is 11.8 Å². The number of rotatable bonds is 8. The standard InChI is InChI=1S/C23H29Cl2N3O5S/c1-14(23(32)33-4)26-22(31)16-9-11-28(12-10-16)18(29)8-6-15-5-7-17(21(25)20(15)24)34-13-19(30)27(2)3/h5-8,14,16H,9-13H2,1-4H3,(H,26,31)/b8-6+/t14-/m0/s1. The molecule has 0 radical (unpaired) electrons. The van der Waals surface area contributed by atoms with Crippen molar-refractivity contribution in [2.24, 2.45) is 5.92 Å². The van der Waals surface area contributed by atoms with Crippen LogP contribution in [0.3, 0.4) is 0 Å². The minimum Gasteiger partial charge on any atom is -0.467 e. The maximum atomic E-state index is 12.6. The summed E-state index contributed by atoms with van der Waals surface area (Å²) in [5.74, 6) is -0.967. The summed E-state index contributed by atoms with van der Waals surface area (Å²) < 4.78 is 4.62. The Labute approximate surface area is 213 Å². The largest absolute Gasteiger partial charge is 0.467 e. The number of methoxy groups -OCH3 is 1. The summed E-state index contributed by atoms with van der Waals surface area (Å²) in [4.78, 5) is 52.1. The number of nitrogens with zero attached hydrogens (tertiary/aromatic N) is 2. The molecule has 0 unspecified atom stereocenters. The molecular formula is C23H29Cl2N3O5S. The van der Waals surface area contributed by atoms with E-state index >= 15 is 0 Å². The van der Waals surface area contributed by atoms with Crippen LogP contribution in [-0.2, 0) is 23.9 Å². The minimum absolute atomic E-state index is 0.0361. The van der Waals surface area contributed by atoms with Crippen molar-refractivity contribution in [3.8, 4) is 0 Å². The van der Waals surface area contributed by atoms with E-state index in [0.717, 1.165) is 0 Å². The van der Waals surface area contributed by atoms with Gasteiger partial charge in [0.1, 0.15) is 6.04 Å². The van der Waals surface area contributed by atoms with E-state index in [9.17, 15) is 19.2 Å². The van der Waals surface area contributed by atoms with Gasteiger partial charge in [-0.3, -0.25) is 14.4 Å². The number of benzene rings is 1. The van der Waals surface area contributed by atoms with Crippen LogP contribution in [0.4, 0.5) is 0 Å². The Morgan fingerprint density at radius 1 is 1.21 bits per heavy atom. The summed E-state index contributed by atoms with van der Waals surface area (Å²) in [6, 6.07) is 2.81. The number of carbonyl (C=O) groups excluding carboxylic acids is 4. The molecular weight excluding hydrogens is 501 g/mol. The number of thioether (sulfide) groups is 1. The van der Waals surface area contributed by atoms with Gasteiger partial charge in [-0.25, -0.2) is 4.79 Å². The van der Waals surface area contributed by atoms with E-state index < -0.39 is 12.0 Å². The van der Waals surface area contributed by atoms with Crippen LogP contribution in [0.5, 0.6) is 0 Å². The number of likely N-dealkylation sites (tertiary alicyclic amines) is 1. The first-order valence-corrected chi connectivity index (χ1v) is 12.5. The molecule has 11 heteroatoms. The van der Waals surface area contributed by atoms with Crippen molar-refractivity contribution in [1.29, 1.82) is 0 Å². The molecule has 0 aliphatic carbocycles. The van der Waals surface area contributed by atoms with Gasteiger partial charge in [-0.1, -0.05) is 29.3 Å². The zero-order valence-corrected chi connectivity index (χ0v) is 21.9. The predicted octanol–water partition coefficient (Wildman–Crippen LogP) is 3.10. The van der Waals surface area contributed by atoms with Crippen molar-refractivity contribution in [3.63, 3.8) is 0 Å². The second-order valence-electron chi connectivity index (χ2n) is 8.04. The molecule has 1 aromatic rings. The highest BCUT2D eigenvalue weighted by atomic mass is 35.5. The Hall–Kier alpha value is -2.23. The van der Waals surface area contributed by atoms with Crippen LogP contribution in [0, 0.1) is 5.92 Å². The molecule has 1 heterocycles. The summed E-state index contributed by atoms with van der Waals surface area (Å²) in [6.07, 6.45) is 4.04. The summed E-state index contributed by atoms with van der Waals surface area (Å²) in [7, 11) is 4.64. The first-order valence-electron chi connectivity index (χ1n) is 10.7. The molecule has 0 aromatic heterocycles. The highest BCUT2D eigenvalue weighted by Crippen LogP contribution is 2.36. The quantitative estimate of drug-likeness (QED) is 0.315. The molecule has 2 rings (SSSR count). The van der Waals surface area contributed by atoms with Crippen molar-refractivity contribution in [1.82, 2.24) is 15.1 Å². The van der Waals surface area contributed by atoms with Crippen molar-refractivity contribution >= 4 is 64.7 Å². The van der Waals surface area contributed by atoms with Gasteiger partial charge >= 0.3 is 5.97 Å². The number of carbonyl (C=O) groups is 4. The molecule has 1 aliphatic rings. The lowest BCUT2D eigenvalue weighted by molar-refractivity contribution is -0.145. The highest BCUT2D eigenvalue weighted by Gasteiger charge is 2.28. The van der Waals surface area contributed by atoms with Gasteiger partial charge in [0.2, 0.25) is 17.7 Å². The van der Waals surface area contributed by atoms with Gasteiger partial charge < -0.3 is 19.9 Å². The third-order valence-electron chi connectivity index (χ3n) is 5.42. The molecule has 186 valence electrons. The molecule has 0 spiro atoms. The summed E-state index contributed by atoms with van der Waals surface area (Å²) in [6.45, 7) is 2.43. The second-order valence-corrected chi connectivity index (χ2v) is 9.82. The van der Waals surface area contributed by atoms with Gasteiger partial charge in [0.05, 0.1) is 22.9 Å². The van der Waals surface area contributed by atoms with Crippen molar-refractivity contribution in [2.75, 3.05) is 40.0 Å². The van der Waals surface area contributed by atoms with Crippen LogP contribution < -0.4 is 5.32 Å². The predicted molar refractivity (Wildman–Crippen MR) is 134 cm³/mol. The highest BCUT2D eigenvalue weighted by molar-refractivity contribution is 8.00. The molecule has 3 amide bonds. The third-order valence-corrected chi connectivity index (χ3v) is 7.47. The van der Waals surface area contributed by atoms with E-state index in [0.29, 0.717) is 46.4 Å². The fourth-order valence-corrected chi connectivity index (χ4v) is 4.80. The Bertz CT molecular complexity index is 962. The molecule has 0 bridgehead atoms. The Morgan fingerprint density at radius 2 is 1.85 bits per heavy atom. The van der Waals surface area contributed by atoms with Crippen LogP contribution in [0.15, 0.2) is 23.1 Å². The zero-order chi connectivity index (χ0) is 25.4. The number of piperidine rings is 1. The van der Waals surface area contributed by atoms with E-state index in [4.69, 9.17) is 23.2 Å². The SMILES string of the molecule is COC(=O)[C@H](C)NC(=O)C1CCN(C(=O)/C=C/c2ccc(SCC(=O)N(C)C)c(Cl)c2Cl)CC1. The summed E-state index contributed by atoms with van der Waals surface area (Å²) in [5, 5.41) is 3.29. The number of esters is 1.